The second kappa shape index (κ2) is 6.27. The van der Waals surface area contributed by atoms with E-state index in [1.165, 1.54) is 25.7 Å². The molecule has 1 saturated carbocycles. The van der Waals surface area contributed by atoms with Crippen LogP contribution in [0.5, 0.6) is 0 Å². The molecule has 0 bridgehead atoms. The maximum Gasteiger partial charge on any atom is 0.251 e. The molecule has 0 spiro atoms. The predicted molar refractivity (Wildman–Crippen MR) is 82.7 cm³/mol. The van der Waals surface area contributed by atoms with E-state index in [1.807, 2.05) is 0 Å². The molecule has 1 amide bonds. The largest absolute Gasteiger partial charge is 0.351 e. The lowest BCUT2D eigenvalue weighted by Crippen LogP contribution is -2.35. The number of carbonyl (C=O) groups excluding carboxylic acids is 1. The topological polar surface area (TPSA) is 29.1 Å². The van der Waals surface area contributed by atoms with E-state index in [-0.39, 0.29) is 5.91 Å². The minimum absolute atomic E-state index is 0.0390. The number of benzene rings is 1. The Morgan fingerprint density at radius 1 is 1.37 bits per heavy atom. The lowest BCUT2D eigenvalue weighted by Gasteiger charge is -2.27. The van der Waals surface area contributed by atoms with Gasteiger partial charge in [-0.25, -0.2) is 0 Å². The molecule has 0 heterocycles. The van der Waals surface area contributed by atoms with E-state index >= 15 is 0 Å². The Kier molecular flexibility index (Phi) is 4.91. The zero-order valence-corrected chi connectivity index (χ0v) is 13.5. The summed E-state index contributed by atoms with van der Waals surface area (Å²) in [6, 6.07) is 5.28. The Labute approximate surface area is 128 Å². The van der Waals surface area contributed by atoms with Gasteiger partial charge in [0.25, 0.3) is 5.91 Å². The Morgan fingerprint density at radius 3 is 2.63 bits per heavy atom. The summed E-state index contributed by atoms with van der Waals surface area (Å²) in [6.07, 6.45) is 6.15. The Bertz CT molecular complexity index is 449. The van der Waals surface area contributed by atoms with Crippen LogP contribution in [-0.4, -0.2) is 12.5 Å². The summed E-state index contributed by atoms with van der Waals surface area (Å²) in [4.78, 5) is 12.2. The highest BCUT2D eigenvalue weighted by Crippen LogP contribution is 2.40. The molecule has 2 nitrogen and oxygen atoms in total. The third-order valence-corrected chi connectivity index (χ3v) is 4.84. The fourth-order valence-electron chi connectivity index (χ4n) is 2.84. The summed E-state index contributed by atoms with van der Waals surface area (Å²) in [5.41, 5.74) is 0.925. The monoisotopic (exact) mass is 343 g/mol. The first-order chi connectivity index (χ1) is 9.04. The summed E-state index contributed by atoms with van der Waals surface area (Å²) in [5, 5.41) is 3.64. The minimum atomic E-state index is -0.0390. The van der Waals surface area contributed by atoms with Gasteiger partial charge in [0, 0.05) is 21.6 Å². The van der Waals surface area contributed by atoms with Gasteiger partial charge >= 0.3 is 0 Å². The van der Waals surface area contributed by atoms with Crippen molar-refractivity contribution in [1.29, 1.82) is 0 Å². The molecule has 19 heavy (non-hydrogen) atoms. The molecule has 0 atom stereocenters. The highest BCUT2D eigenvalue weighted by molar-refractivity contribution is 9.10. The van der Waals surface area contributed by atoms with Crippen LogP contribution in [0.2, 0.25) is 5.02 Å². The molecular weight excluding hydrogens is 326 g/mol. The number of hydrogen-bond donors (Lipinski definition) is 1. The number of amides is 1. The molecular formula is C15H19BrClNO. The number of halogens is 2. The van der Waals surface area contributed by atoms with Crippen LogP contribution in [0.1, 0.15) is 49.4 Å². The van der Waals surface area contributed by atoms with Crippen LogP contribution in [-0.2, 0) is 0 Å². The van der Waals surface area contributed by atoms with E-state index in [1.54, 1.807) is 18.2 Å². The smallest absolute Gasteiger partial charge is 0.251 e. The molecule has 1 N–H and O–H groups in total. The summed E-state index contributed by atoms with van der Waals surface area (Å²) in [7, 11) is 0. The zero-order chi connectivity index (χ0) is 13.9. The lowest BCUT2D eigenvalue weighted by atomic mass is 9.83. The number of nitrogens with one attached hydrogen (secondary N) is 1. The lowest BCUT2D eigenvalue weighted by molar-refractivity contribution is 0.0928. The van der Waals surface area contributed by atoms with Crippen LogP contribution < -0.4 is 5.32 Å². The van der Waals surface area contributed by atoms with Gasteiger partial charge < -0.3 is 5.32 Å². The van der Waals surface area contributed by atoms with Gasteiger partial charge in [-0.1, -0.05) is 47.3 Å². The van der Waals surface area contributed by atoms with Crippen molar-refractivity contribution in [3.63, 3.8) is 0 Å². The first-order valence-electron chi connectivity index (χ1n) is 6.79. The van der Waals surface area contributed by atoms with Gasteiger partial charge in [-0.15, -0.1) is 0 Å². The molecule has 1 aromatic rings. The SMILES string of the molecule is CCC1(CNC(=O)c2cc(Cl)cc(Br)c2)CCCC1. The number of rotatable bonds is 4. The highest BCUT2D eigenvalue weighted by atomic mass is 79.9. The van der Waals surface area contributed by atoms with Gasteiger partial charge in [0.15, 0.2) is 0 Å². The van der Waals surface area contributed by atoms with Gasteiger partial charge in [0.1, 0.15) is 0 Å². The molecule has 1 aliphatic rings. The quantitative estimate of drug-likeness (QED) is 0.835. The van der Waals surface area contributed by atoms with Crippen molar-refractivity contribution in [2.45, 2.75) is 39.0 Å². The first kappa shape index (κ1) is 14.9. The summed E-state index contributed by atoms with van der Waals surface area (Å²) < 4.78 is 0.830. The van der Waals surface area contributed by atoms with E-state index in [4.69, 9.17) is 11.6 Å². The molecule has 104 valence electrons. The Morgan fingerprint density at radius 2 is 2.05 bits per heavy atom. The van der Waals surface area contributed by atoms with Gasteiger partial charge in [0.2, 0.25) is 0 Å². The first-order valence-corrected chi connectivity index (χ1v) is 7.96. The molecule has 1 fully saturated rings. The predicted octanol–water partition coefficient (Wildman–Crippen LogP) is 4.80. The fourth-order valence-corrected chi connectivity index (χ4v) is 3.70. The number of carbonyl (C=O) groups is 1. The molecule has 0 aliphatic heterocycles. The van der Waals surface area contributed by atoms with Crippen molar-refractivity contribution in [2.24, 2.45) is 5.41 Å². The average molecular weight is 345 g/mol. The van der Waals surface area contributed by atoms with Gasteiger partial charge in [-0.3, -0.25) is 4.79 Å². The van der Waals surface area contributed by atoms with Crippen LogP contribution in [0, 0.1) is 5.41 Å². The molecule has 4 heteroatoms. The van der Waals surface area contributed by atoms with E-state index in [0.29, 0.717) is 16.0 Å². The molecule has 1 aromatic carbocycles. The zero-order valence-electron chi connectivity index (χ0n) is 11.1. The summed E-state index contributed by atoms with van der Waals surface area (Å²) >= 11 is 9.32. The van der Waals surface area contributed by atoms with Gasteiger partial charge in [-0.2, -0.15) is 0 Å². The van der Waals surface area contributed by atoms with Gasteiger partial charge in [-0.05, 0) is 42.9 Å². The second-order valence-electron chi connectivity index (χ2n) is 5.40. The fraction of sp³-hybridized carbons (Fsp3) is 0.533. The molecule has 1 aliphatic carbocycles. The van der Waals surface area contributed by atoms with Crippen molar-refractivity contribution in [2.75, 3.05) is 6.54 Å². The number of hydrogen-bond acceptors (Lipinski definition) is 1. The molecule has 0 unspecified atom stereocenters. The van der Waals surface area contributed by atoms with E-state index in [0.717, 1.165) is 17.4 Å². The van der Waals surface area contributed by atoms with Gasteiger partial charge in [0.05, 0.1) is 0 Å². The van der Waals surface area contributed by atoms with Crippen LogP contribution in [0.4, 0.5) is 0 Å². The van der Waals surface area contributed by atoms with Crippen LogP contribution in [0.25, 0.3) is 0 Å². The van der Waals surface area contributed by atoms with E-state index in [2.05, 4.69) is 28.2 Å². The van der Waals surface area contributed by atoms with Crippen molar-refractivity contribution >= 4 is 33.4 Å². The van der Waals surface area contributed by atoms with Crippen LogP contribution in [0.3, 0.4) is 0 Å². The third kappa shape index (κ3) is 3.73. The maximum atomic E-state index is 12.2. The summed E-state index contributed by atoms with van der Waals surface area (Å²) in [5.74, 6) is -0.0390. The summed E-state index contributed by atoms with van der Waals surface area (Å²) in [6.45, 7) is 2.99. The average Bonchev–Trinajstić information content (AvgIpc) is 2.84. The van der Waals surface area contributed by atoms with Crippen molar-refractivity contribution in [1.82, 2.24) is 5.32 Å². The highest BCUT2D eigenvalue weighted by Gasteiger charge is 2.32. The maximum absolute atomic E-state index is 12.2. The Balaban J connectivity index is 2.01. The van der Waals surface area contributed by atoms with Crippen molar-refractivity contribution in [3.05, 3.63) is 33.3 Å². The Hall–Kier alpha value is -0.540. The normalized spacial score (nSPS) is 17.4. The van der Waals surface area contributed by atoms with Crippen LogP contribution >= 0.6 is 27.5 Å². The van der Waals surface area contributed by atoms with Crippen molar-refractivity contribution in [3.8, 4) is 0 Å². The van der Waals surface area contributed by atoms with E-state index < -0.39 is 0 Å². The van der Waals surface area contributed by atoms with Crippen LogP contribution in [0.15, 0.2) is 22.7 Å². The second-order valence-corrected chi connectivity index (χ2v) is 6.75. The standard InChI is InChI=1S/C15H19BrClNO/c1-2-15(5-3-4-6-15)10-18-14(19)11-7-12(16)9-13(17)8-11/h7-9H,2-6,10H2,1H3,(H,18,19). The minimum Gasteiger partial charge on any atom is -0.351 e. The van der Waals surface area contributed by atoms with Crippen molar-refractivity contribution < 1.29 is 4.79 Å². The third-order valence-electron chi connectivity index (χ3n) is 4.16. The molecule has 0 aromatic heterocycles. The van der Waals surface area contributed by atoms with E-state index in [9.17, 15) is 4.79 Å². The molecule has 0 saturated heterocycles. The molecule has 0 radical (unpaired) electrons. The molecule has 2 rings (SSSR count).